The Balaban J connectivity index is 1.73. The van der Waals surface area contributed by atoms with Crippen LogP contribution in [0.4, 0.5) is 0 Å². The lowest BCUT2D eigenvalue weighted by Gasteiger charge is -2.35. The van der Waals surface area contributed by atoms with E-state index < -0.39 is 0 Å². The van der Waals surface area contributed by atoms with Crippen LogP contribution in [0.25, 0.3) is 0 Å². The van der Waals surface area contributed by atoms with Gasteiger partial charge in [0.1, 0.15) is 0 Å². The predicted molar refractivity (Wildman–Crippen MR) is 72.1 cm³/mol. The molecule has 0 radical (unpaired) electrons. The van der Waals surface area contributed by atoms with Crippen LogP contribution in [0.2, 0.25) is 0 Å². The van der Waals surface area contributed by atoms with Gasteiger partial charge in [-0.2, -0.15) is 0 Å². The summed E-state index contributed by atoms with van der Waals surface area (Å²) in [5, 5.41) is 3.26. The van der Waals surface area contributed by atoms with Crippen LogP contribution < -0.4 is 5.32 Å². The number of carbonyl (C=O) groups is 1. The third-order valence-corrected chi connectivity index (χ3v) is 3.70. The summed E-state index contributed by atoms with van der Waals surface area (Å²) >= 11 is 0. The van der Waals surface area contributed by atoms with E-state index in [1.165, 1.54) is 0 Å². The number of nitrogens with one attached hydrogen (secondary N) is 1. The third kappa shape index (κ3) is 4.72. The van der Waals surface area contributed by atoms with Crippen LogP contribution in [0.15, 0.2) is 0 Å². The number of amides is 1. The summed E-state index contributed by atoms with van der Waals surface area (Å²) in [7, 11) is 1.70. The number of piperazine rings is 1. The number of morpholine rings is 1. The summed E-state index contributed by atoms with van der Waals surface area (Å²) in [6, 6.07) is 0. The smallest absolute Gasteiger partial charge is 0.236 e. The fourth-order valence-corrected chi connectivity index (χ4v) is 2.55. The molecule has 2 saturated heterocycles. The van der Waals surface area contributed by atoms with E-state index in [0.717, 1.165) is 45.7 Å². The topological polar surface area (TPSA) is 54.0 Å². The molecule has 2 aliphatic heterocycles. The van der Waals surface area contributed by atoms with Crippen molar-refractivity contribution in [3.63, 3.8) is 0 Å². The first kappa shape index (κ1) is 14.7. The summed E-state index contributed by atoms with van der Waals surface area (Å²) in [5.74, 6) is 0.244. The first-order valence-electron chi connectivity index (χ1n) is 7.11. The van der Waals surface area contributed by atoms with Gasteiger partial charge in [0.2, 0.25) is 5.91 Å². The van der Waals surface area contributed by atoms with E-state index in [4.69, 9.17) is 9.47 Å². The Morgan fingerprint density at radius 1 is 1.37 bits per heavy atom. The second kappa shape index (κ2) is 7.79. The Labute approximate surface area is 115 Å². The van der Waals surface area contributed by atoms with Crippen molar-refractivity contribution in [2.45, 2.75) is 12.5 Å². The molecule has 0 spiro atoms. The molecule has 0 aromatic heterocycles. The van der Waals surface area contributed by atoms with Crippen LogP contribution >= 0.6 is 0 Å². The number of methoxy groups -OCH3 is 1. The first-order chi connectivity index (χ1) is 9.29. The van der Waals surface area contributed by atoms with Gasteiger partial charge in [-0.25, -0.2) is 0 Å². The van der Waals surface area contributed by atoms with Crippen LogP contribution in [0.3, 0.4) is 0 Å². The third-order valence-electron chi connectivity index (χ3n) is 3.70. The van der Waals surface area contributed by atoms with Gasteiger partial charge in [-0.15, -0.1) is 0 Å². The minimum absolute atomic E-state index is 0.199. The fraction of sp³-hybridized carbons (Fsp3) is 0.923. The SMILES string of the molecule is COCC[C@@H]1CN(CC(=O)N2CCNCC2)CCO1. The average molecular weight is 271 g/mol. The van der Waals surface area contributed by atoms with Crippen LogP contribution in [0, 0.1) is 0 Å². The van der Waals surface area contributed by atoms with E-state index in [2.05, 4.69) is 10.2 Å². The van der Waals surface area contributed by atoms with Crippen LogP contribution in [0.5, 0.6) is 0 Å². The zero-order chi connectivity index (χ0) is 13.5. The monoisotopic (exact) mass is 271 g/mol. The largest absolute Gasteiger partial charge is 0.385 e. The summed E-state index contributed by atoms with van der Waals surface area (Å²) in [6.45, 7) is 7.10. The number of ether oxygens (including phenoxy) is 2. The van der Waals surface area contributed by atoms with Gasteiger partial charge in [0.15, 0.2) is 0 Å². The Morgan fingerprint density at radius 2 is 2.16 bits per heavy atom. The maximum Gasteiger partial charge on any atom is 0.236 e. The molecule has 0 bridgehead atoms. The summed E-state index contributed by atoms with van der Waals surface area (Å²) in [4.78, 5) is 16.3. The Kier molecular flexibility index (Phi) is 6.03. The van der Waals surface area contributed by atoms with Gasteiger partial charge in [-0.3, -0.25) is 9.69 Å². The normalized spacial score (nSPS) is 25.5. The second-order valence-electron chi connectivity index (χ2n) is 5.14. The maximum atomic E-state index is 12.2. The molecule has 1 N–H and O–H groups in total. The van der Waals surface area contributed by atoms with E-state index in [-0.39, 0.29) is 12.0 Å². The molecule has 6 heteroatoms. The Hall–Kier alpha value is -0.690. The number of carbonyl (C=O) groups excluding carboxylic acids is 1. The molecule has 0 aliphatic carbocycles. The summed E-state index contributed by atoms with van der Waals surface area (Å²) in [5.41, 5.74) is 0. The fourth-order valence-electron chi connectivity index (χ4n) is 2.55. The van der Waals surface area contributed by atoms with Gasteiger partial charge < -0.3 is 19.7 Å². The molecule has 2 aliphatic rings. The number of nitrogens with zero attached hydrogens (tertiary/aromatic N) is 2. The van der Waals surface area contributed by atoms with E-state index in [9.17, 15) is 4.79 Å². The highest BCUT2D eigenvalue weighted by Gasteiger charge is 2.24. The molecule has 110 valence electrons. The van der Waals surface area contributed by atoms with E-state index in [1.807, 2.05) is 4.90 Å². The lowest BCUT2D eigenvalue weighted by atomic mass is 10.2. The van der Waals surface area contributed by atoms with Gasteiger partial charge in [0, 0.05) is 53.0 Å². The molecule has 0 saturated carbocycles. The van der Waals surface area contributed by atoms with Crippen LogP contribution in [-0.4, -0.2) is 87.9 Å². The van der Waals surface area contributed by atoms with Gasteiger partial charge in [-0.1, -0.05) is 0 Å². The van der Waals surface area contributed by atoms with Crippen LogP contribution in [0.1, 0.15) is 6.42 Å². The van der Waals surface area contributed by atoms with Gasteiger partial charge in [0.25, 0.3) is 0 Å². The minimum Gasteiger partial charge on any atom is -0.385 e. The van der Waals surface area contributed by atoms with Crippen molar-refractivity contribution >= 4 is 5.91 Å². The quantitative estimate of drug-likeness (QED) is 0.706. The van der Waals surface area contributed by atoms with Gasteiger partial charge >= 0.3 is 0 Å². The minimum atomic E-state index is 0.199. The molecule has 2 rings (SSSR count). The Morgan fingerprint density at radius 3 is 2.89 bits per heavy atom. The van der Waals surface area contributed by atoms with Crippen molar-refractivity contribution in [3.8, 4) is 0 Å². The van der Waals surface area contributed by atoms with Crippen molar-refractivity contribution in [3.05, 3.63) is 0 Å². The molecular formula is C13H25N3O3. The highest BCUT2D eigenvalue weighted by Crippen LogP contribution is 2.09. The molecule has 1 atom stereocenters. The lowest BCUT2D eigenvalue weighted by Crippen LogP contribution is -2.52. The van der Waals surface area contributed by atoms with E-state index in [1.54, 1.807) is 7.11 Å². The number of hydrogen-bond acceptors (Lipinski definition) is 5. The highest BCUT2D eigenvalue weighted by atomic mass is 16.5. The molecular weight excluding hydrogens is 246 g/mol. The van der Waals surface area contributed by atoms with Crippen molar-refractivity contribution in [2.75, 3.05) is 66.1 Å². The predicted octanol–water partition coefficient (Wildman–Crippen LogP) is -0.844. The van der Waals surface area contributed by atoms with Crippen molar-refractivity contribution in [2.24, 2.45) is 0 Å². The molecule has 19 heavy (non-hydrogen) atoms. The zero-order valence-electron chi connectivity index (χ0n) is 11.8. The molecule has 0 unspecified atom stereocenters. The van der Waals surface area contributed by atoms with Crippen molar-refractivity contribution in [1.82, 2.24) is 15.1 Å². The number of rotatable bonds is 5. The molecule has 2 fully saturated rings. The van der Waals surface area contributed by atoms with Crippen molar-refractivity contribution in [1.29, 1.82) is 0 Å². The van der Waals surface area contributed by atoms with Gasteiger partial charge in [0.05, 0.1) is 19.3 Å². The lowest BCUT2D eigenvalue weighted by molar-refractivity contribution is -0.135. The molecule has 6 nitrogen and oxygen atoms in total. The average Bonchev–Trinajstić information content (AvgIpc) is 2.46. The number of hydrogen-bond donors (Lipinski definition) is 1. The van der Waals surface area contributed by atoms with Gasteiger partial charge in [-0.05, 0) is 6.42 Å². The zero-order valence-corrected chi connectivity index (χ0v) is 11.8. The molecule has 0 aromatic carbocycles. The summed E-state index contributed by atoms with van der Waals surface area (Å²) < 4.78 is 10.8. The van der Waals surface area contributed by atoms with Crippen LogP contribution in [-0.2, 0) is 14.3 Å². The molecule has 0 aromatic rings. The second-order valence-corrected chi connectivity index (χ2v) is 5.14. The van der Waals surface area contributed by atoms with Crippen molar-refractivity contribution < 1.29 is 14.3 Å². The highest BCUT2D eigenvalue weighted by molar-refractivity contribution is 5.78. The Bertz CT molecular complexity index is 282. The first-order valence-corrected chi connectivity index (χ1v) is 7.11. The molecule has 2 heterocycles. The van der Waals surface area contributed by atoms with E-state index >= 15 is 0 Å². The maximum absolute atomic E-state index is 12.2. The summed E-state index contributed by atoms with van der Waals surface area (Å²) in [6.07, 6.45) is 1.10. The molecule has 1 amide bonds. The standard InChI is InChI=1S/C13H25N3O3/c1-18-8-2-12-10-15(7-9-19-12)11-13(17)16-5-3-14-4-6-16/h12,14H,2-11H2,1H3/t12-/m1/s1. The van der Waals surface area contributed by atoms with E-state index in [0.29, 0.717) is 19.8 Å².